The molecule has 0 amide bonds. The van der Waals surface area contributed by atoms with Crippen LogP contribution in [-0.2, 0) is 9.84 Å². The molecule has 3 heteroatoms. The lowest BCUT2D eigenvalue weighted by Gasteiger charge is -2.13. The zero-order valence-electron chi connectivity index (χ0n) is 16.5. The highest BCUT2D eigenvalue weighted by atomic mass is 32.2. The van der Waals surface area contributed by atoms with Crippen molar-refractivity contribution in [2.75, 3.05) is 0 Å². The summed E-state index contributed by atoms with van der Waals surface area (Å²) in [6.07, 6.45) is 0. The van der Waals surface area contributed by atoms with Crippen LogP contribution in [0.2, 0.25) is 0 Å². The Bertz CT molecular complexity index is 1160. The third kappa shape index (κ3) is 3.74. The van der Waals surface area contributed by atoms with Gasteiger partial charge in [-0.25, -0.2) is 8.42 Å². The molecule has 2 nitrogen and oxygen atoms in total. The Morgan fingerprint density at radius 3 is 1.21 bits per heavy atom. The number of benzene rings is 4. The molecule has 0 saturated carbocycles. The van der Waals surface area contributed by atoms with Crippen LogP contribution in [0.4, 0.5) is 0 Å². The lowest BCUT2D eigenvalue weighted by molar-refractivity contribution is 0.595. The second kappa shape index (κ2) is 7.69. The predicted octanol–water partition coefficient (Wildman–Crippen LogP) is 6.47. The largest absolute Gasteiger partial charge is 0.218 e. The molecule has 0 atom stereocenters. The molecule has 29 heavy (non-hydrogen) atoms. The quantitative estimate of drug-likeness (QED) is 0.395. The molecule has 0 bridgehead atoms. The van der Waals surface area contributed by atoms with Crippen LogP contribution in [0.1, 0.15) is 11.1 Å². The fourth-order valence-corrected chi connectivity index (χ4v) is 5.34. The van der Waals surface area contributed by atoms with Gasteiger partial charge in [-0.1, -0.05) is 84.9 Å². The fraction of sp³-hybridized carbons (Fsp3) is 0.0769. The first-order valence-electron chi connectivity index (χ1n) is 9.54. The van der Waals surface area contributed by atoms with Crippen LogP contribution in [0.3, 0.4) is 0 Å². The average molecular weight is 399 g/mol. The van der Waals surface area contributed by atoms with Crippen molar-refractivity contribution in [1.29, 1.82) is 0 Å². The first-order chi connectivity index (χ1) is 14.0. The van der Waals surface area contributed by atoms with Crippen molar-refractivity contribution in [2.45, 2.75) is 23.6 Å². The molecule has 0 heterocycles. The summed E-state index contributed by atoms with van der Waals surface area (Å²) in [4.78, 5) is 0.709. The zero-order valence-corrected chi connectivity index (χ0v) is 17.3. The van der Waals surface area contributed by atoms with Gasteiger partial charge in [-0.3, -0.25) is 0 Å². The van der Waals surface area contributed by atoms with E-state index in [2.05, 4.69) is 0 Å². The molecular formula is C26H22O2S. The summed E-state index contributed by atoms with van der Waals surface area (Å²) in [7, 11) is -3.60. The molecule has 0 radical (unpaired) electrons. The van der Waals surface area contributed by atoms with E-state index in [1.54, 1.807) is 12.1 Å². The summed E-state index contributed by atoms with van der Waals surface area (Å²) in [5.74, 6) is 0. The Morgan fingerprint density at radius 2 is 0.862 bits per heavy atom. The zero-order chi connectivity index (χ0) is 20.4. The third-order valence-corrected chi connectivity index (χ3v) is 7.22. The predicted molar refractivity (Wildman–Crippen MR) is 119 cm³/mol. The minimum absolute atomic E-state index is 0.354. The van der Waals surface area contributed by atoms with Gasteiger partial charge in [-0.15, -0.1) is 0 Å². The van der Waals surface area contributed by atoms with Gasteiger partial charge >= 0.3 is 0 Å². The van der Waals surface area contributed by atoms with E-state index in [1.165, 1.54) is 0 Å². The molecule has 4 aromatic carbocycles. The van der Waals surface area contributed by atoms with Gasteiger partial charge in [0.05, 0.1) is 9.79 Å². The van der Waals surface area contributed by atoms with Gasteiger partial charge in [0.2, 0.25) is 9.84 Å². The molecule has 0 aliphatic carbocycles. The molecule has 144 valence electrons. The molecule has 0 aliphatic heterocycles. The van der Waals surface area contributed by atoms with E-state index >= 15 is 0 Å². The molecule has 0 aromatic heterocycles. The Balaban J connectivity index is 1.74. The van der Waals surface area contributed by atoms with Gasteiger partial charge in [0, 0.05) is 0 Å². The summed E-state index contributed by atoms with van der Waals surface area (Å²) in [5.41, 5.74) is 5.66. The Labute approximate surface area is 172 Å². The summed E-state index contributed by atoms with van der Waals surface area (Å²) in [6.45, 7) is 3.71. The molecule has 4 aromatic rings. The van der Waals surface area contributed by atoms with Gasteiger partial charge in [0.25, 0.3) is 0 Å². The molecule has 0 N–H and O–H groups in total. The number of aryl methyl sites for hydroxylation is 2. The normalized spacial score (nSPS) is 11.4. The van der Waals surface area contributed by atoms with E-state index in [-0.39, 0.29) is 0 Å². The van der Waals surface area contributed by atoms with Crippen molar-refractivity contribution in [3.8, 4) is 22.3 Å². The topological polar surface area (TPSA) is 34.1 Å². The molecule has 0 spiro atoms. The van der Waals surface area contributed by atoms with Gasteiger partial charge < -0.3 is 0 Å². The number of hydrogen-bond acceptors (Lipinski definition) is 2. The van der Waals surface area contributed by atoms with Crippen molar-refractivity contribution >= 4 is 9.84 Å². The Kier molecular flexibility index (Phi) is 5.08. The maximum absolute atomic E-state index is 13.4. The van der Waals surface area contributed by atoms with E-state index < -0.39 is 9.84 Å². The standard InChI is InChI=1S/C26H22O2S/c1-19-17-23(21-9-5-3-6-10-21)13-15-25(19)29(27,28)26-16-14-24(18-20(26)2)22-11-7-4-8-12-22/h3-18H,1-2H3. The number of hydrogen-bond donors (Lipinski definition) is 0. The van der Waals surface area contributed by atoms with Crippen molar-refractivity contribution in [1.82, 2.24) is 0 Å². The number of sulfone groups is 1. The molecule has 4 rings (SSSR count). The highest BCUT2D eigenvalue weighted by Gasteiger charge is 2.22. The van der Waals surface area contributed by atoms with E-state index in [1.807, 2.05) is 98.8 Å². The SMILES string of the molecule is Cc1cc(-c2ccccc2)ccc1S(=O)(=O)c1ccc(-c2ccccc2)cc1C. The van der Waals surface area contributed by atoms with Gasteiger partial charge in [-0.05, 0) is 59.4 Å². The van der Waals surface area contributed by atoms with E-state index in [4.69, 9.17) is 0 Å². The average Bonchev–Trinajstić information content (AvgIpc) is 2.74. The highest BCUT2D eigenvalue weighted by Crippen LogP contribution is 2.31. The van der Waals surface area contributed by atoms with Crippen molar-refractivity contribution < 1.29 is 8.42 Å². The van der Waals surface area contributed by atoms with Crippen LogP contribution < -0.4 is 0 Å². The van der Waals surface area contributed by atoms with Crippen LogP contribution in [0.25, 0.3) is 22.3 Å². The number of rotatable bonds is 4. The second-order valence-electron chi connectivity index (χ2n) is 7.20. The molecule has 0 unspecified atom stereocenters. The van der Waals surface area contributed by atoms with Crippen molar-refractivity contribution in [3.63, 3.8) is 0 Å². The van der Waals surface area contributed by atoms with Crippen molar-refractivity contribution in [3.05, 3.63) is 108 Å². The van der Waals surface area contributed by atoms with Crippen LogP contribution in [0.15, 0.2) is 107 Å². The second-order valence-corrected chi connectivity index (χ2v) is 9.08. The summed E-state index contributed by atoms with van der Waals surface area (Å²) in [5, 5.41) is 0. The third-order valence-electron chi connectivity index (χ3n) is 5.14. The van der Waals surface area contributed by atoms with E-state index in [0.29, 0.717) is 9.79 Å². The van der Waals surface area contributed by atoms with Crippen LogP contribution in [0.5, 0.6) is 0 Å². The fourth-order valence-electron chi connectivity index (χ4n) is 3.64. The molecule has 0 fully saturated rings. The van der Waals surface area contributed by atoms with Gasteiger partial charge in [-0.2, -0.15) is 0 Å². The minimum Gasteiger partial charge on any atom is -0.218 e. The van der Waals surface area contributed by atoms with Gasteiger partial charge in [0.15, 0.2) is 0 Å². The van der Waals surface area contributed by atoms with Gasteiger partial charge in [0.1, 0.15) is 0 Å². The molecule has 0 saturated heterocycles. The van der Waals surface area contributed by atoms with Crippen LogP contribution in [-0.4, -0.2) is 8.42 Å². The smallest absolute Gasteiger partial charge is 0.207 e. The van der Waals surface area contributed by atoms with Crippen LogP contribution in [0, 0.1) is 13.8 Å². The minimum atomic E-state index is -3.60. The van der Waals surface area contributed by atoms with E-state index in [0.717, 1.165) is 33.4 Å². The van der Waals surface area contributed by atoms with Crippen molar-refractivity contribution in [2.24, 2.45) is 0 Å². The monoisotopic (exact) mass is 398 g/mol. The summed E-state index contributed by atoms with van der Waals surface area (Å²) < 4.78 is 26.7. The molecule has 0 aliphatic rings. The Hall–Kier alpha value is -3.17. The highest BCUT2D eigenvalue weighted by molar-refractivity contribution is 7.91. The summed E-state index contributed by atoms with van der Waals surface area (Å²) >= 11 is 0. The Morgan fingerprint density at radius 1 is 0.483 bits per heavy atom. The molecular weight excluding hydrogens is 376 g/mol. The maximum atomic E-state index is 13.4. The lowest BCUT2D eigenvalue weighted by atomic mass is 10.0. The van der Waals surface area contributed by atoms with Crippen LogP contribution >= 0.6 is 0 Å². The van der Waals surface area contributed by atoms with E-state index in [9.17, 15) is 8.42 Å². The summed E-state index contributed by atoms with van der Waals surface area (Å²) in [6, 6.07) is 31.0. The first kappa shape index (κ1) is 19.2. The first-order valence-corrected chi connectivity index (χ1v) is 11.0. The maximum Gasteiger partial charge on any atom is 0.207 e. The lowest BCUT2D eigenvalue weighted by Crippen LogP contribution is -2.06.